The third-order valence-corrected chi connectivity index (χ3v) is 5.60. The number of hydrogen-bond donors (Lipinski definition) is 0. The first kappa shape index (κ1) is 30.6. The Labute approximate surface area is 166 Å². The fourth-order valence-electron chi connectivity index (χ4n) is 1.49. The van der Waals surface area contributed by atoms with Crippen LogP contribution in [-0.4, -0.2) is 53.5 Å². The smallest absolute Gasteiger partial charge is 0.283 e. The molecule has 0 aromatic heterocycles. The molecule has 0 fully saturated rings. The molecule has 22 heteroatoms. The first-order chi connectivity index (χ1) is 12.9. The Bertz CT molecular complexity index is 722. The second-order valence-electron chi connectivity index (χ2n) is 5.41. The Hall–Kier alpha value is -0.450. The van der Waals surface area contributed by atoms with Crippen LogP contribution < -0.4 is 0 Å². The molecule has 1 atom stereocenters. The van der Waals surface area contributed by atoms with Crippen LogP contribution in [0.1, 0.15) is 0 Å². The van der Waals surface area contributed by atoms with Gasteiger partial charge in [0.15, 0.2) is 0 Å². The fraction of sp³-hybridized carbons (Fsp3) is 1.00. The SMILES string of the molecule is O=P(Cl)(Cl)C(F)(F)C(F)C(F)(F)C(F)(F)C(F)(F)C(F)(F)C(F)(F)C(F)(F)C(F)(F)F. The maximum atomic E-state index is 13.3. The molecule has 0 saturated heterocycles. The minimum atomic E-state index is -8.80. The van der Waals surface area contributed by atoms with Gasteiger partial charge >= 0.3 is 53.2 Å². The van der Waals surface area contributed by atoms with Crippen LogP contribution in [0.3, 0.4) is 0 Å². The molecule has 0 aliphatic heterocycles. The van der Waals surface area contributed by atoms with Crippen LogP contribution >= 0.6 is 28.3 Å². The highest BCUT2D eigenvalue weighted by atomic mass is 35.9. The van der Waals surface area contributed by atoms with E-state index in [0.717, 1.165) is 0 Å². The maximum absolute atomic E-state index is 13.3. The van der Waals surface area contributed by atoms with Gasteiger partial charge in [0, 0.05) is 0 Å². The highest BCUT2D eigenvalue weighted by Crippen LogP contribution is 2.73. The van der Waals surface area contributed by atoms with Gasteiger partial charge in [-0.3, -0.25) is 4.57 Å². The van der Waals surface area contributed by atoms with Crippen LogP contribution in [0.15, 0.2) is 0 Å². The van der Waals surface area contributed by atoms with Crippen molar-refractivity contribution in [3.63, 3.8) is 0 Å². The van der Waals surface area contributed by atoms with E-state index in [1.165, 1.54) is 0 Å². The predicted octanol–water partition coefficient (Wildman–Crippen LogP) is 7.96. The molecule has 0 aliphatic carbocycles. The normalized spacial score (nSPS) is 17.7. The number of alkyl halides is 18. The standard InChI is InChI=1S/C9HCl2F18OP/c10-31(11,30)3(15,16)1(12)2(13,14)4(17,18)5(19,20)6(21,22)7(23,24)8(25,26)9(27,28)29/h1H. The molecule has 1 nitrogen and oxygen atoms in total. The summed E-state index contributed by atoms with van der Waals surface area (Å²) in [5.74, 6) is -57.8. The van der Waals surface area contributed by atoms with E-state index in [-0.39, 0.29) is 0 Å². The van der Waals surface area contributed by atoms with E-state index in [0.29, 0.717) is 0 Å². The van der Waals surface area contributed by atoms with Gasteiger partial charge in [-0.2, -0.15) is 74.6 Å². The topological polar surface area (TPSA) is 17.1 Å². The average Bonchev–Trinajstić information content (AvgIpc) is 2.50. The Balaban J connectivity index is 6.81. The Morgan fingerprint density at radius 1 is 0.516 bits per heavy atom. The molecule has 0 N–H and O–H groups in total. The summed E-state index contributed by atoms with van der Waals surface area (Å²) in [5, 5.41) is 0. The summed E-state index contributed by atoms with van der Waals surface area (Å²) in [5.41, 5.74) is -6.67. The Kier molecular flexibility index (Phi) is 7.42. The van der Waals surface area contributed by atoms with Crippen molar-refractivity contribution in [3.05, 3.63) is 0 Å². The zero-order chi connectivity index (χ0) is 26.1. The summed E-state index contributed by atoms with van der Waals surface area (Å²) in [6.45, 7) is 0. The summed E-state index contributed by atoms with van der Waals surface area (Å²) < 4.78 is 242. The van der Waals surface area contributed by atoms with E-state index in [1.807, 2.05) is 0 Å². The summed E-state index contributed by atoms with van der Waals surface area (Å²) in [6, 6.07) is 0. The first-order valence-electron chi connectivity index (χ1n) is 6.25. The minimum Gasteiger partial charge on any atom is -0.283 e. The summed E-state index contributed by atoms with van der Waals surface area (Å²) in [7, 11) is 0. The van der Waals surface area contributed by atoms with Gasteiger partial charge in [-0.25, -0.2) is 4.39 Å². The molecular weight excluding hydrogens is 568 g/mol. The second kappa shape index (κ2) is 7.53. The average molecular weight is 569 g/mol. The summed E-state index contributed by atoms with van der Waals surface area (Å²) in [6.07, 6.45) is -14.2. The van der Waals surface area contributed by atoms with E-state index in [2.05, 4.69) is 22.5 Å². The Morgan fingerprint density at radius 3 is 1.03 bits per heavy atom. The highest BCUT2D eigenvalue weighted by Gasteiger charge is 2.94. The zero-order valence-corrected chi connectivity index (χ0v) is 15.4. The van der Waals surface area contributed by atoms with Crippen LogP contribution in [0.25, 0.3) is 0 Å². The van der Waals surface area contributed by atoms with Gasteiger partial charge in [0.05, 0.1) is 0 Å². The third-order valence-electron chi connectivity index (χ3n) is 3.32. The molecule has 1 unspecified atom stereocenters. The molecule has 0 spiro atoms. The largest absolute Gasteiger partial charge is 0.460 e. The van der Waals surface area contributed by atoms with Crippen LogP contribution in [0.5, 0.6) is 0 Å². The molecule has 0 heterocycles. The lowest BCUT2D eigenvalue weighted by Crippen LogP contribution is -2.74. The molecule has 188 valence electrons. The molecular formula is C9HCl2F18OP. The van der Waals surface area contributed by atoms with Crippen LogP contribution in [-0.2, 0) is 4.57 Å². The van der Waals surface area contributed by atoms with Gasteiger partial charge in [0.1, 0.15) is 0 Å². The number of halogens is 20. The van der Waals surface area contributed by atoms with Crippen molar-refractivity contribution in [3.8, 4) is 0 Å². The molecule has 0 rings (SSSR count). The van der Waals surface area contributed by atoms with Crippen molar-refractivity contribution in [2.75, 3.05) is 0 Å². The van der Waals surface area contributed by atoms with Gasteiger partial charge in [-0.15, -0.1) is 0 Å². The summed E-state index contributed by atoms with van der Waals surface area (Å²) in [4.78, 5) is 0. The molecule has 0 aliphatic rings. The van der Waals surface area contributed by atoms with Crippen LogP contribution in [0.4, 0.5) is 79.0 Å². The van der Waals surface area contributed by atoms with Crippen molar-refractivity contribution >= 4 is 28.3 Å². The summed E-state index contributed by atoms with van der Waals surface area (Å²) >= 11 is 8.07. The maximum Gasteiger partial charge on any atom is 0.460 e. The molecule has 0 aromatic rings. The van der Waals surface area contributed by atoms with Crippen molar-refractivity contribution in [2.45, 2.75) is 53.5 Å². The molecule has 0 saturated carbocycles. The molecule has 0 bridgehead atoms. The monoisotopic (exact) mass is 568 g/mol. The first-order valence-corrected chi connectivity index (χ1v) is 9.77. The van der Waals surface area contributed by atoms with Crippen molar-refractivity contribution in [1.29, 1.82) is 0 Å². The van der Waals surface area contributed by atoms with E-state index < -0.39 is 59.4 Å². The highest BCUT2D eigenvalue weighted by molar-refractivity contribution is 8.09. The van der Waals surface area contributed by atoms with Crippen LogP contribution in [0.2, 0.25) is 0 Å². The van der Waals surface area contributed by atoms with Crippen molar-refractivity contribution < 1.29 is 83.6 Å². The lowest BCUT2D eigenvalue weighted by atomic mass is 9.89. The minimum absolute atomic E-state index is 4.04. The number of rotatable bonds is 8. The molecule has 0 amide bonds. The Morgan fingerprint density at radius 2 is 0.774 bits per heavy atom. The van der Waals surface area contributed by atoms with Crippen LogP contribution in [0, 0.1) is 0 Å². The molecule has 31 heavy (non-hydrogen) atoms. The van der Waals surface area contributed by atoms with Crippen molar-refractivity contribution in [2.24, 2.45) is 0 Å². The molecule has 0 aromatic carbocycles. The zero-order valence-electron chi connectivity index (χ0n) is 13.0. The van der Waals surface area contributed by atoms with E-state index in [4.69, 9.17) is 0 Å². The fourth-order valence-corrected chi connectivity index (χ4v) is 2.43. The van der Waals surface area contributed by atoms with Gasteiger partial charge in [0.25, 0.3) is 0 Å². The number of hydrogen-bond acceptors (Lipinski definition) is 1. The van der Waals surface area contributed by atoms with Gasteiger partial charge in [0.2, 0.25) is 6.17 Å². The van der Waals surface area contributed by atoms with E-state index in [1.54, 1.807) is 0 Å². The molecule has 0 radical (unpaired) electrons. The van der Waals surface area contributed by atoms with Gasteiger partial charge < -0.3 is 0 Å². The van der Waals surface area contributed by atoms with E-state index in [9.17, 15) is 83.6 Å². The van der Waals surface area contributed by atoms with Crippen molar-refractivity contribution in [1.82, 2.24) is 0 Å². The van der Waals surface area contributed by atoms with Gasteiger partial charge in [-0.1, -0.05) is 0 Å². The second-order valence-corrected chi connectivity index (χ2v) is 10.3. The third kappa shape index (κ3) is 4.04. The lowest BCUT2D eigenvalue weighted by Gasteiger charge is -2.42. The van der Waals surface area contributed by atoms with E-state index >= 15 is 0 Å². The predicted molar refractivity (Wildman–Crippen MR) is 64.9 cm³/mol. The van der Waals surface area contributed by atoms with Gasteiger partial charge in [-0.05, 0) is 22.5 Å². The lowest BCUT2D eigenvalue weighted by molar-refractivity contribution is -0.456. The quantitative estimate of drug-likeness (QED) is 0.214.